The lowest BCUT2D eigenvalue weighted by atomic mass is 9.98. The van der Waals surface area contributed by atoms with E-state index in [2.05, 4.69) is 15.2 Å². The lowest BCUT2D eigenvalue weighted by molar-refractivity contribution is 0.0995. The molecule has 0 saturated heterocycles. The number of carbonyl (C=O) groups is 1. The number of H-pyrrole nitrogens is 2. The monoisotopic (exact) mass is 361 g/mol. The number of hydrogen-bond acceptors (Lipinski definition) is 4. The molecule has 1 fully saturated rings. The fourth-order valence-corrected chi connectivity index (χ4v) is 3.05. The lowest BCUT2D eigenvalue weighted by Gasteiger charge is -2.14. The van der Waals surface area contributed by atoms with E-state index in [0.29, 0.717) is 5.52 Å². The second-order valence-electron chi connectivity index (χ2n) is 6.19. The molecule has 138 valence electrons. The number of primary amides is 1. The Balaban J connectivity index is 0.000000236. The Morgan fingerprint density at radius 1 is 1.31 bits per heavy atom. The number of imidazole rings is 1. The van der Waals surface area contributed by atoms with Crippen LogP contribution in [0, 0.1) is 5.82 Å². The number of halogens is 1. The first kappa shape index (κ1) is 17.9. The summed E-state index contributed by atoms with van der Waals surface area (Å²) < 4.78 is 14.7. The summed E-state index contributed by atoms with van der Waals surface area (Å²) in [7, 11) is 0. The van der Waals surface area contributed by atoms with E-state index in [1.54, 1.807) is 6.07 Å². The topological polar surface area (TPSA) is 130 Å². The van der Waals surface area contributed by atoms with Gasteiger partial charge >= 0.3 is 5.69 Å². The summed E-state index contributed by atoms with van der Waals surface area (Å²) in [5.41, 5.74) is 5.11. The molecule has 1 aromatic carbocycles. The zero-order valence-electron chi connectivity index (χ0n) is 14.0. The van der Waals surface area contributed by atoms with Gasteiger partial charge < -0.3 is 15.8 Å². The summed E-state index contributed by atoms with van der Waals surface area (Å²) in [6, 6.07) is 4.24. The number of rotatable bonds is 2. The van der Waals surface area contributed by atoms with E-state index in [0.717, 1.165) is 17.4 Å². The van der Waals surface area contributed by atoms with E-state index < -0.39 is 17.4 Å². The smallest absolute Gasteiger partial charge is 0.331 e. The van der Waals surface area contributed by atoms with E-state index in [9.17, 15) is 14.0 Å². The van der Waals surface area contributed by atoms with Gasteiger partial charge in [-0.15, -0.1) is 0 Å². The van der Waals surface area contributed by atoms with Crippen molar-refractivity contribution in [1.29, 1.82) is 0 Å². The molecular formula is C17H20FN5O3. The molecule has 26 heavy (non-hydrogen) atoms. The van der Waals surface area contributed by atoms with Crippen LogP contribution >= 0.6 is 0 Å². The maximum Gasteiger partial charge on any atom is 0.331 e. The first-order valence-electron chi connectivity index (χ1n) is 8.40. The van der Waals surface area contributed by atoms with Crippen LogP contribution in [0.4, 0.5) is 4.39 Å². The van der Waals surface area contributed by atoms with Gasteiger partial charge in [0, 0.05) is 0 Å². The van der Waals surface area contributed by atoms with Crippen molar-refractivity contribution in [3.8, 4) is 5.69 Å². The number of fused-ring (bicyclic) bond motifs is 1. The molecule has 2 heterocycles. The number of aromatic amines is 2. The highest BCUT2D eigenvalue weighted by Gasteiger charge is 2.18. The maximum absolute atomic E-state index is 13.6. The molecule has 1 saturated carbocycles. The van der Waals surface area contributed by atoms with E-state index >= 15 is 0 Å². The van der Waals surface area contributed by atoms with Gasteiger partial charge in [0.15, 0.2) is 0 Å². The van der Waals surface area contributed by atoms with Crippen LogP contribution in [0.1, 0.15) is 42.6 Å². The average Bonchev–Trinajstić information content (AvgIpc) is 3.20. The van der Waals surface area contributed by atoms with Crippen molar-refractivity contribution in [1.82, 2.24) is 19.7 Å². The van der Waals surface area contributed by atoms with Crippen LogP contribution in [0.3, 0.4) is 0 Å². The van der Waals surface area contributed by atoms with Crippen molar-refractivity contribution < 1.29 is 14.3 Å². The number of hydrogen-bond donors (Lipinski definition) is 4. The standard InChI is InChI=1S/C11H8FN5O2.C6H12O/c12-5-2-1-3-6-8(5)15-11(19)17(6)7-4-14-16-9(7)10(13)18;7-6-4-2-1-3-5-6/h1-4H,(H2,13,18)(H,14,16)(H,15,19);6-7H,1-5H2. The molecule has 0 radical (unpaired) electrons. The Bertz CT molecular complexity index is 968. The van der Waals surface area contributed by atoms with E-state index in [1.165, 1.54) is 37.6 Å². The van der Waals surface area contributed by atoms with E-state index in [4.69, 9.17) is 10.8 Å². The van der Waals surface area contributed by atoms with Gasteiger partial charge in [-0.2, -0.15) is 5.10 Å². The van der Waals surface area contributed by atoms with Gasteiger partial charge in [-0.05, 0) is 25.0 Å². The molecule has 1 aliphatic rings. The van der Waals surface area contributed by atoms with Crippen molar-refractivity contribution >= 4 is 16.9 Å². The molecule has 2 aromatic heterocycles. The predicted molar refractivity (Wildman–Crippen MR) is 93.6 cm³/mol. The van der Waals surface area contributed by atoms with E-state index in [-0.39, 0.29) is 23.0 Å². The molecule has 5 N–H and O–H groups in total. The molecule has 0 atom stereocenters. The van der Waals surface area contributed by atoms with Gasteiger partial charge in [0.1, 0.15) is 22.7 Å². The predicted octanol–water partition coefficient (Wildman–Crippen LogP) is 1.59. The van der Waals surface area contributed by atoms with Crippen molar-refractivity contribution in [2.45, 2.75) is 38.2 Å². The quantitative estimate of drug-likeness (QED) is 0.552. The van der Waals surface area contributed by atoms with Crippen LogP contribution in [0.15, 0.2) is 29.2 Å². The van der Waals surface area contributed by atoms with Gasteiger partial charge in [-0.1, -0.05) is 25.3 Å². The minimum Gasteiger partial charge on any atom is -0.393 e. The van der Waals surface area contributed by atoms with Gasteiger partial charge in [0.2, 0.25) is 0 Å². The average molecular weight is 361 g/mol. The Morgan fingerprint density at radius 2 is 2.04 bits per heavy atom. The molecule has 0 spiro atoms. The summed E-state index contributed by atoms with van der Waals surface area (Å²) in [5, 5.41) is 15.0. The van der Waals surface area contributed by atoms with Gasteiger partial charge in [-0.3, -0.25) is 14.5 Å². The summed E-state index contributed by atoms with van der Waals surface area (Å²) in [6.07, 6.45) is 7.20. The number of nitrogens with zero attached hydrogens (tertiary/aromatic N) is 2. The number of aliphatic hydroxyl groups is 1. The zero-order chi connectivity index (χ0) is 18.7. The van der Waals surface area contributed by atoms with Crippen molar-refractivity contribution in [2.75, 3.05) is 0 Å². The second kappa shape index (κ2) is 7.52. The summed E-state index contributed by atoms with van der Waals surface area (Å²) >= 11 is 0. The molecular weight excluding hydrogens is 341 g/mol. The maximum atomic E-state index is 13.6. The highest BCUT2D eigenvalue weighted by Crippen LogP contribution is 2.19. The van der Waals surface area contributed by atoms with Crippen molar-refractivity contribution in [3.63, 3.8) is 0 Å². The SMILES string of the molecule is NC(=O)c1[nH]ncc1-n1c(=O)[nH]c2c(F)cccc21.OC1CCCCC1. The molecule has 4 rings (SSSR count). The highest BCUT2D eigenvalue weighted by molar-refractivity contribution is 5.95. The summed E-state index contributed by atoms with van der Waals surface area (Å²) in [6.45, 7) is 0. The third-order valence-corrected chi connectivity index (χ3v) is 4.35. The lowest BCUT2D eigenvalue weighted by Crippen LogP contribution is -2.20. The van der Waals surface area contributed by atoms with Gasteiger partial charge in [0.25, 0.3) is 5.91 Å². The Labute approximate surface area is 147 Å². The fraction of sp³-hybridized carbons (Fsp3) is 0.353. The van der Waals surface area contributed by atoms with Crippen LogP contribution in [0.5, 0.6) is 0 Å². The molecule has 0 aliphatic heterocycles. The molecule has 9 heteroatoms. The molecule has 1 aliphatic carbocycles. The minimum absolute atomic E-state index is 0.0211. The van der Waals surface area contributed by atoms with Gasteiger partial charge in [-0.25, -0.2) is 9.18 Å². The number of carbonyl (C=O) groups excluding carboxylic acids is 1. The first-order chi connectivity index (χ1) is 12.5. The van der Waals surface area contributed by atoms with Crippen LogP contribution in [0.2, 0.25) is 0 Å². The zero-order valence-corrected chi connectivity index (χ0v) is 14.0. The minimum atomic E-state index is -0.759. The number of para-hydroxylation sites is 1. The molecule has 1 amide bonds. The van der Waals surface area contributed by atoms with E-state index in [1.807, 2.05) is 0 Å². The van der Waals surface area contributed by atoms with Crippen molar-refractivity contribution in [2.24, 2.45) is 5.73 Å². The highest BCUT2D eigenvalue weighted by atomic mass is 19.1. The Morgan fingerprint density at radius 3 is 2.65 bits per heavy atom. The number of amides is 1. The third kappa shape index (κ3) is 3.52. The molecule has 8 nitrogen and oxygen atoms in total. The number of nitrogens with one attached hydrogen (secondary N) is 2. The molecule has 0 unspecified atom stereocenters. The van der Waals surface area contributed by atoms with Crippen LogP contribution in [0.25, 0.3) is 16.7 Å². The third-order valence-electron chi connectivity index (χ3n) is 4.35. The van der Waals surface area contributed by atoms with Crippen LogP contribution in [-0.4, -0.2) is 36.9 Å². The Hall–Kier alpha value is -2.94. The van der Waals surface area contributed by atoms with Crippen molar-refractivity contribution in [3.05, 3.63) is 46.4 Å². The fourth-order valence-electron chi connectivity index (χ4n) is 3.05. The second-order valence-corrected chi connectivity index (χ2v) is 6.19. The number of benzene rings is 1. The summed E-state index contributed by atoms with van der Waals surface area (Å²) in [4.78, 5) is 25.5. The normalized spacial score (nSPS) is 14.8. The van der Waals surface area contributed by atoms with Crippen LogP contribution < -0.4 is 11.4 Å². The summed E-state index contributed by atoms with van der Waals surface area (Å²) in [5.74, 6) is -1.32. The molecule has 0 bridgehead atoms. The Kier molecular flexibility index (Phi) is 5.17. The molecule has 3 aromatic rings. The number of aromatic nitrogens is 4. The van der Waals surface area contributed by atoms with Crippen LogP contribution in [-0.2, 0) is 0 Å². The largest absolute Gasteiger partial charge is 0.393 e. The number of aliphatic hydroxyl groups excluding tert-OH is 1. The first-order valence-corrected chi connectivity index (χ1v) is 8.40. The number of nitrogens with two attached hydrogens (primary N) is 1. The van der Waals surface area contributed by atoms with Gasteiger partial charge in [0.05, 0.1) is 17.8 Å².